The van der Waals surface area contributed by atoms with Crippen LogP contribution in [0.15, 0.2) is 85.1 Å². The molecule has 0 aromatic heterocycles. The predicted molar refractivity (Wildman–Crippen MR) is 344 cm³/mol. The van der Waals surface area contributed by atoms with Gasteiger partial charge in [-0.2, -0.15) is 0 Å². The maximum absolute atomic E-state index is 12.9. The van der Waals surface area contributed by atoms with E-state index in [4.69, 9.17) is 14.2 Å². The summed E-state index contributed by atoms with van der Waals surface area (Å²) in [6.45, 7) is 6.53. The van der Waals surface area contributed by atoms with Crippen LogP contribution in [0, 0.1) is 0 Å². The first-order valence-electron chi connectivity index (χ1n) is 34.1. The van der Waals surface area contributed by atoms with E-state index in [1.54, 1.807) is 0 Å². The Bertz CT molecular complexity index is 1500. The van der Waals surface area contributed by atoms with E-state index in [0.29, 0.717) is 19.3 Å². The van der Waals surface area contributed by atoms with Crippen molar-refractivity contribution < 1.29 is 28.6 Å². The minimum atomic E-state index is -0.777. The average Bonchev–Trinajstić information content (AvgIpc) is 3.45. The summed E-state index contributed by atoms with van der Waals surface area (Å²) in [6, 6.07) is 0. The molecule has 0 saturated heterocycles. The largest absolute Gasteiger partial charge is 0.462 e. The van der Waals surface area contributed by atoms with Crippen LogP contribution in [0.4, 0.5) is 0 Å². The van der Waals surface area contributed by atoms with E-state index in [9.17, 15) is 14.4 Å². The molecule has 0 aliphatic rings. The second kappa shape index (κ2) is 67.1. The van der Waals surface area contributed by atoms with Crippen molar-refractivity contribution in [1.82, 2.24) is 0 Å². The first-order valence-corrected chi connectivity index (χ1v) is 34.1. The number of carbonyl (C=O) groups is 3. The van der Waals surface area contributed by atoms with Gasteiger partial charge in [0.15, 0.2) is 6.10 Å². The standard InChI is InChI=1S/C73H128O6/c1-4-7-10-13-16-19-22-24-26-28-30-31-32-33-34-35-36-37-38-39-40-41-42-43-44-46-47-49-51-54-57-60-63-66-72(75)78-69-70(68-77-71(74)65-62-59-56-53-21-18-15-12-9-6-3)79-73(76)67-64-61-58-55-52-50-48-45-29-27-25-23-20-17-14-11-8-5-2/h7,10,16,19-20,23-24,26-27,29-31,33-34,70H,4-6,8-9,11-15,17-18,21-22,25,28,32,35-69H2,1-3H3/b10-7-,19-16-,23-20-,26-24-,29-27-,31-30-,34-33-. The molecule has 0 aliphatic heterocycles. The number of unbranched alkanes of at least 4 members (excludes halogenated alkanes) is 37. The summed E-state index contributed by atoms with van der Waals surface area (Å²) in [7, 11) is 0. The molecule has 0 heterocycles. The van der Waals surface area contributed by atoms with Gasteiger partial charge in [-0.3, -0.25) is 14.4 Å². The zero-order chi connectivity index (χ0) is 57.1. The van der Waals surface area contributed by atoms with E-state index in [1.165, 1.54) is 199 Å². The van der Waals surface area contributed by atoms with Crippen LogP contribution in [0.1, 0.15) is 342 Å². The Hall–Kier alpha value is -3.41. The molecule has 79 heavy (non-hydrogen) atoms. The topological polar surface area (TPSA) is 78.9 Å². The minimum Gasteiger partial charge on any atom is -0.462 e. The first kappa shape index (κ1) is 75.6. The highest BCUT2D eigenvalue weighted by Crippen LogP contribution is 2.17. The van der Waals surface area contributed by atoms with E-state index < -0.39 is 6.10 Å². The Morgan fingerprint density at radius 2 is 0.494 bits per heavy atom. The van der Waals surface area contributed by atoms with Crippen LogP contribution in [0.5, 0.6) is 0 Å². The highest BCUT2D eigenvalue weighted by atomic mass is 16.6. The molecule has 1 atom stereocenters. The molecule has 0 bridgehead atoms. The first-order chi connectivity index (χ1) is 39.0. The van der Waals surface area contributed by atoms with Crippen molar-refractivity contribution in [2.24, 2.45) is 0 Å². The molecule has 6 heteroatoms. The third kappa shape index (κ3) is 65.3. The second-order valence-electron chi connectivity index (χ2n) is 22.7. The van der Waals surface area contributed by atoms with Crippen molar-refractivity contribution in [3.05, 3.63) is 85.1 Å². The third-order valence-electron chi connectivity index (χ3n) is 14.9. The van der Waals surface area contributed by atoms with Gasteiger partial charge in [-0.25, -0.2) is 0 Å². The lowest BCUT2D eigenvalue weighted by atomic mass is 10.0. The SMILES string of the molecule is CC/C=C\C/C=C\C/C=C\C/C=C\C/C=C\CCCCCCCCCCCCCCCCCCCC(=O)OCC(COC(=O)CCCCCCCCCCCC)OC(=O)CCCCCCCCC/C=C\C/C=C\CCCCCC. The van der Waals surface area contributed by atoms with Gasteiger partial charge in [-0.05, 0) is 96.3 Å². The van der Waals surface area contributed by atoms with Gasteiger partial charge < -0.3 is 14.2 Å². The van der Waals surface area contributed by atoms with Crippen LogP contribution < -0.4 is 0 Å². The van der Waals surface area contributed by atoms with Crippen LogP contribution in [0.2, 0.25) is 0 Å². The van der Waals surface area contributed by atoms with Gasteiger partial charge in [0.05, 0.1) is 0 Å². The van der Waals surface area contributed by atoms with Gasteiger partial charge in [0, 0.05) is 19.3 Å². The van der Waals surface area contributed by atoms with E-state index in [0.717, 1.165) is 103 Å². The summed E-state index contributed by atoms with van der Waals surface area (Å²) in [5.41, 5.74) is 0. The van der Waals surface area contributed by atoms with Gasteiger partial charge in [0.25, 0.3) is 0 Å². The molecular weight excluding hydrogens is 973 g/mol. The molecule has 0 spiro atoms. The molecule has 0 radical (unpaired) electrons. The fourth-order valence-electron chi connectivity index (χ4n) is 9.80. The summed E-state index contributed by atoms with van der Waals surface area (Å²) < 4.78 is 16.9. The molecule has 0 amide bonds. The molecule has 0 aromatic rings. The van der Waals surface area contributed by atoms with Gasteiger partial charge in [0.2, 0.25) is 0 Å². The van der Waals surface area contributed by atoms with Crippen LogP contribution in [0.25, 0.3) is 0 Å². The molecule has 0 rings (SSSR count). The Kier molecular flexibility index (Phi) is 64.2. The minimum absolute atomic E-state index is 0.0745. The quantitative estimate of drug-likeness (QED) is 0.0261. The lowest BCUT2D eigenvalue weighted by molar-refractivity contribution is -0.167. The van der Waals surface area contributed by atoms with Crippen molar-refractivity contribution in [2.45, 2.75) is 348 Å². The highest BCUT2D eigenvalue weighted by Gasteiger charge is 2.19. The summed E-state index contributed by atoms with van der Waals surface area (Å²) >= 11 is 0. The number of ether oxygens (including phenoxy) is 3. The van der Waals surface area contributed by atoms with Crippen molar-refractivity contribution in [3.8, 4) is 0 Å². The molecule has 1 unspecified atom stereocenters. The Balaban J connectivity index is 4.12. The van der Waals surface area contributed by atoms with Crippen molar-refractivity contribution in [3.63, 3.8) is 0 Å². The average molecular weight is 1100 g/mol. The molecule has 0 aliphatic carbocycles. The van der Waals surface area contributed by atoms with Crippen molar-refractivity contribution >= 4 is 17.9 Å². The van der Waals surface area contributed by atoms with Gasteiger partial charge in [-0.15, -0.1) is 0 Å². The molecular formula is C73H128O6. The lowest BCUT2D eigenvalue weighted by Crippen LogP contribution is -2.30. The normalized spacial score (nSPS) is 12.6. The van der Waals surface area contributed by atoms with Gasteiger partial charge in [0.1, 0.15) is 13.2 Å². The van der Waals surface area contributed by atoms with Crippen molar-refractivity contribution in [1.29, 1.82) is 0 Å². The van der Waals surface area contributed by atoms with Crippen molar-refractivity contribution in [2.75, 3.05) is 13.2 Å². The van der Waals surface area contributed by atoms with E-state index >= 15 is 0 Å². The van der Waals surface area contributed by atoms with Crippen LogP contribution >= 0.6 is 0 Å². The zero-order valence-electron chi connectivity index (χ0n) is 52.4. The maximum atomic E-state index is 12.9. The number of hydrogen-bond acceptors (Lipinski definition) is 6. The monoisotopic (exact) mass is 1100 g/mol. The zero-order valence-corrected chi connectivity index (χ0v) is 52.4. The van der Waals surface area contributed by atoms with E-state index in [-0.39, 0.29) is 31.1 Å². The number of allylic oxidation sites excluding steroid dienone is 14. The molecule has 6 nitrogen and oxygen atoms in total. The number of esters is 3. The van der Waals surface area contributed by atoms with Crippen LogP contribution in [-0.2, 0) is 28.6 Å². The predicted octanol–water partition coefficient (Wildman–Crippen LogP) is 23.4. The van der Waals surface area contributed by atoms with E-state index in [1.807, 2.05) is 0 Å². The number of rotatable bonds is 62. The summed E-state index contributed by atoms with van der Waals surface area (Å²) in [5.74, 6) is -0.867. The van der Waals surface area contributed by atoms with Crippen LogP contribution in [0.3, 0.4) is 0 Å². The van der Waals surface area contributed by atoms with Gasteiger partial charge >= 0.3 is 17.9 Å². The molecule has 0 aromatic carbocycles. The number of carbonyl (C=O) groups excluding carboxylic acids is 3. The Labute approximate surface area is 490 Å². The fourth-order valence-corrected chi connectivity index (χ4v) is 9.80. The lowest BCUT2D eigenvalue weighted by Gasteiger charge is -2.18. The molecule has 0 N–H and O–H groups in total. The number of hydrogen-bond donors (Lipinski definition) is 0. The summed E-state index contributed by atoms with van der Waals surface area (Å²) in [4.78, 5) is 38.3. The summed E-state index contributed by atoms with van der Waals surface area (Å²) in [6.07, 6.45) is 89.0. The third-order valence-corrected chi connectivity index (χ3v) is 14.9. The molecule has 0 saturated carbocycles. The fraction of sp³-hybridized carbons (Fsp3) is 0.767. The molecule has 0 fully saturated rings. The van der Waals surface area contributed by atoms with Gasteiger partial charge in [-0.1, -0.05) is 311 Å². The highest BCUT2D eigenvalue weighted by molar-refractivity contribution is 5.71. The van der Waals surface area contributed by atoms with Crippen LogP contribution in [-0.4, -0.2) is 37.2 Å². The maximum Gasteiger partial charge on any atom is 0.306 e. The Morgan fingerprint density at radius 3 is 0.785 bits per heavy atom. The molecule has 456 valence electrons. The summed E-state index contributed by atoms with van der Waals surface area (Å²) in [5, 5.41) is 0. The Morgan fingerprint density at radius 1 is 0.266 bits per heavy atom. The second-order valence-corrected chi connectivity index (χ2v) is 22.7. The van der Waals surface area contributed by atoms with E-state index in [2.05, 4.69) is 106 Å². The smallest absolute Gasteiger partial charge is 0.306 e.